The van der Waals surface area contributed by atoms with Crippen LogP contribution in [0.3, 0.4) is 0 Å². The number of aromatic nitrogens is 4. The molecule has 2 heterocycles. The van der Waals surface area contributed by atoms with Gasteiger partial charge in [-0.15, -0.1) is 0 Å². The van der Waals surface area contributed by atoms with E-state index in [4.69, 9.17) is 5.26 Å². The van der Waals surface area contributed by atoms with Gasteiger partial charge in [-0.2, -0.15) is 10.4 Å². The Morgan fingerprint density at radius 3 is 2.95 bits per heavy atom. The second-order valence-electron chi connectivity index (χ2n) is 3.70. The van der Waals surface area contributed by atoms with Gasteiger partial charge in [0, 0.05) is 12.3 Å². The first kappa shape index (κ1) is 12.4. The minimum Gasteiger partial charge on any atom is -0.355 e. The van der Waals surface area contributed by atoms with Crippen molar-refractivity contribution in [1.82, 2.24) is 20.2 Å². The van der Waals surface area contributed by atoms with E-state index in [1.807, 2.05) is 6.07 Å². The fourth-order valence-corrected chi connectivity index (χ4v) is 1.46. The summed E-state index contributed by atoms with van der Waals surface area (Å²) in [7, 11) is 0. The molecular weight excluding hydrogens is 250 g/mol. The third-order valence-electron chi connectivity index (χ3n) is 2.39. The highest BCUT2D eigenvalue weighted by atomic mass is 16.6. The molecule has 0 aromatic carbocycles. The van der Waals surface area contributed by atoms with Crippen LogP contribution in [0.1, 0.15) is 24.4 Å². The van der Waals surface area contributed by atoms with Gasteiger partial charge in [0.25, 0.3) is 0 Å². The maximum Gasteiger partial charge on any atom is 0.312 e. The number of nitrogens with one attached hydrogen (secondary N) is 2. The first-order valence-electron chi connectivity index (χ1n) is 5.28. The smallest absolute Gasteiger partial charge is 0.312 e. The minimum atomic E-state index is -0.594. The van der Waals surface area contributed by atoms with E-state index in [2.05, 4.69) is 25.5 Å². The zero-order valence-corrected chi connectivity index (χ0v) is 9.86. The summed E-state index contributed by atoms with van der Waals surface area (Å²) in [5.74, 6) is 0.605. The number of nitrogens with zero attached hydrogens (tertiary/aromatic N) is 5. The third-order valence-corrected chi connectivity index (χ3v) is 2.39. The molecule has 9 heteroatoms. The fraction of sp³-hybridized carbons (Fsp3) is 0.200. The molecule has 2 N–H and O–H groups in total. The van der Waals surface area contributed by atoms with Crippen molar-refractivity contribution in [2.75, 3.05) is 5.32 Å². The van der Waals surface area contributed by atoms with E-state index in [1.54, 1.807) is 6.92 Å². The summed E-state index contributed by atoms with van der Waals surface area (Å²) in [6, 6.07) is 2.64. The van der Waals surface area contributed by atoms with Crippen LogP contribution in [0.2, 0.25) is 0 Å². The lowest BCUT2D eigenvalue weighted by Gasteiger charge is -2.11. The molecule has 9 nitrogen and oxygen atoms in total. The van der Waals surface area contributed by atoms with Gasteiger partial charge < -0.3 is 5.32 Å². The fourth-order valence-electron chi connectivity index (χ4n) is 1.46. The van der Waals surface area contributed by atoms with Gasteiger partial charge in [0.05, 0.1) is 16.5 Å². The molecule has 0 aliphatic rings. The zero-order chi connectivity index (χ0) is 13.8. The van der Waals surface area contributed by atoms with Crippen molar-refractivity contribution >= 4 is 11.5 Å². The van der Waals surface area contributed by atoms with Gasteiger partial charge in [0.15, 0.2) is 0 Å². The molecule has 2 aromatic rings. The summed E-state index contributed by atoms with van der Waals surface area (Å²) in [4.78, 5) is 18.2. The number of hydrogen-bond donors (Lipinski definition) is 2. The number of nitriles is 1. The molecule has 19 heavy (non-hydrogen) atoms. The van der Waals surface area contributed by atoms with Crippen LogP contribution in [0.15, 0.2) is 18.6 Å². The van der Waals surface area contributed by atoms with Crippen LogP contribution in [0.5, 0.6) is 0 Å². The predicted molar refractivity (Wildman–Crippen MR) is 64.0 cm³/mol. The second kappa shape index (κ2) is 5.09. The van der Waals surface area contributed by atoms with E-state index in [0.717, 1.165) is 0 Å². The van der Waals surface area contributed by atoms with Gasteiger partial charge in [0.1, 0.15) is 18.2 Å². The average Bonchev–Trinajstić information content (AvgIpc) is 2.92. The lowest BCUT2D eigenvalue weighted by Crippen LogP contribution is -2.11. The molecule has 0 bridgehead atoms. The summed E-state index contributed by atoms with van der Waals surface area (Å²) in [5.41, 5.74) is -0.130. The predicted octanol–water partition coefficient (Wildman–Crippen LogP) is 1.15. The zero-order valence-electron chi connectivity index (χ0n) is 9.86. The van der Waals surface area contributed by atoms with Crippen molar-refractivity contribution in [2.24, 2.45) is 0 Å². The number of H-pyrrole nitrogens is 1. The quantitative estimate of drug-likeness (QED) is 0.621. The Hall–Kier alpha value is -3.02. The Kier molecular flexibility index (Phi) is 3.33. The van der Waals surface area contributed by atoms with Crippen LogP contribution in [0.4, 0.5) is 11.5 Å². The Morgan fingerprint density at radius 2 is 2.37 bits per heavy atom. The van der Waals surface area contributed by atoms with E-state index in [-0.39, 0.29) is 23.1 Å². The average molecular weight is 259 g/mol. The number of anilines is 1. The van der Waals surface area contributed by atoms with Gasteiger partial charge >= 0.3 is 5.69 Å². The Morgan fingerprint density at radius 1 is 1.58 bits per heavy atom. The van der Waals surface area contributed by atoms with Crippen molar-refractivity contribution in [3.05, 3.63) is 40.1 Å². The molecule has 0 fully saturated rings. The number of rotatable bonds is 4. The van der Waals surface area contributed by atoms with E-state index >= 15 is 0 Å². The first-order valence-corrected chi connectivity index (χ1v) is 5.28. The summed E-state index contributed by atoms with van der Waals surface area (Å²) in [5, 5.41) is 28.8. The molecule has 1 unspecified atom stereocenters. The first-order chi connectivity index (χ1) is 9.11. The number of nitro groups is 1. The van der Waals surface area contributed by atoms with Crippen molar-refractivity contribution in [3.63, 3.8) is 0 Å². The Labute approximate surface area is 107 Å². The summed E-state index contributed by atoms with van der Waals surface area (Å²) < 4.78 is 0. The van der Waals surface area contributed by atoms with Crippen LogP contribution in [0.25, 0.3) is 0 Å². The highest BCUT2D eigenvalue weighted by Gasteiger charge is 2.19. The third kappa shape index (κ3) is 2.63. The molecule has 96 valence electrons. The number of pyridine rings is 1. The van der Waals surface area contributed by atoms with Gasteiger partial charge in [-0.3, -0.25) is 15.2 Å². The highest BCUT2D eigenvalue weighted by molar-refractivity contribution is 5.58. The molecule has 0 aliphatic carbocycles. The van der Waals surface area contributed by atoms with Gasteiger partial charge in [0.2, 0.25) is 5.82 Å². The lowest BCUT2D eigenvalue weighted by molar-refractivity contribution is -0.384. The standard InChI is InChI=1S/C10H9N7O2/c1-6(9-13-5-14-16-9)15-10-8(17(18)19)2-7(3-11)4-12-10/h2,4-6H,1H3,(H,12,15)(H,13,14,16). The van der Waals surface area contributed by atoms with E-state index in [1.165, 1.54) is 18.6 Å². The summed E-state index contributed by atoms with van der Waals surface area (Å²) in [6.07, 6.45) is 2.61. The van der Waals surface area contributed by atoms with Gasteiger partial charge in [-0.05, 0) is 6.92 Å². The molecule has 0 saturated carbocycles. The SMILES string of the molecule is CC(Nc1ncc(C#N)cc1[N+](=O)[O-])c1ncn[nH]1. The van der Waals surface area contributed by atoms with Crippen molar-refractivity contribution < 1.29 is 4.92 Å². The second-order valence-corrected chi connectivity index (χ2v) is 3.70. The molecule has 0 radical (unpaired) electrons. The lowest BCUT2D eigenvalue weighted by atomic mass is 10.2. The van der Waals surface area contributed by atoms with Gasteiger partial charge in [-0.1, -0.05) is 0 Å². The van der Waals surface area contributed by atoms with Crippen LogP contribution in [0, 0.1) is 21.4 Å². The van der Waals surface area contributed by atoms with Gasteiger partial charge in [-0.25, -0.2) is 9.97 Å². The molecule has 2 aromatic heterocycles. The normalized spacial score (nSPS) is 11.6. The minimum absolute atomic E-state index is 0.0768. The van der Waals surface area contributed by atoms with E-state index in [9.17, 15) is 10.1 Å². The Balaban J connectivity index is 2.30. The summed E-state index contributed by atoms with van der Waals surface area (Å²) >= 11 is 0. The monoisotopic (exact) mass is 259 g/mol. The summed E-state index contributed by atoms with van der Waals surface area (Å²) in [6.45, 7) is 1.75. The molecule has 0 aliphatic heterocycles. The van der Waals surface area contributed by atoms with Crippen molar-refractivity contribution in [1.29, 1.82) is 5.26 Å². The topological polar surface area (TPSA) is 133 Å². The van der Waals surface area contributed by atoms with Crippen molar-refractivity contribution in [2.45, 2.75) is 13.0 Å². The largest absolute Gasteiger partial charge is 0.355 e. The highest BCUT2D eigenvalue weighted by Crippen LogP contribution is 2.25. The van der Waals surface area contributed by atoms with Crippen LogP contribution < -0.4 is 5.32 Å². The maximum absolute atomic E-state index is 10.9. The van der Waals surface area contributed by atoms with Crippen LogP contribution in [-0.2, 0) is 0 Å². The Bertz CT molecular complexity index is 632. The number of hydrogen-bond acceptors (Lipinski definition) is 7. The van der Waals surface area contributed by atoms with Crippen LogP contribution >= 0.6 is 0 Å². The molecule has 2 rings (SSSR count). The molecule has 0 spiro atoms. The molecular formula is C10H9N7O2. The number of aromatic amines is 1. The maximum atomic E-state index is 10.9. The van der Waals surface area contributed by atoms with E-state index in [0.29, 0.717) is 5.82 Å². The molecule has 0 saturated heterocycles. The molecule has 0 amide bonds. The van der Waals surface area contributed by atoms with E-state index < -0.39 is 4.92 Å². The van der Waals surface area contributed by atoms with Crippen LogP contribution in [-0.4, -0.2) is 25.1 Å². The van der Waals surface area contributed by atoms with Crippen molar-refractivity contribution in [3.8, 4) is 6.07 Å². The molecule has 1 atom stereocenters.